The van der Waals surface area contributed by atoms with Crippen LogP contribution in [0, 0.1) is 12.7 Å². The Morgan fingerprint density at radius 2 is 1.96 bits per heavy atom. The van der Waals surface area contributed by atoms with Crippen LogP contribution in [-0.2, 0) is 5.60 Å². The molecule has 0 aliphatic heterocycles. The number of aromatic nitrogens is 2. The maximum absolute atomic E-state index is 13.4. The standard InChI is InChI=1S/C19H24FN3O/c1-13-18(22-11-10-21-13)14(2)23-17-6-8-19(24,9-7-17)15-4-3-5-16(20)12-15/h3-5,10-12,14,17,23-24H,6-9H2,1-2H3. The Balaban J connectivity index is 1.62. The van der Waals surface area contributed by atoms with Crippen LogP contribution in [0.1, 0.15) is 55.6 Å². The van der Waals surface area contributed by atoms with Crippen LogP contribution in [0.5, 0.6) is 0 Å². The van der Waals surface area contributed by atoms with Gasteiger partial charge in [-0.2, -0.15) is 0 Å². The monoisotopic (exact) mass is 329 g/mol. The van der Waals surface area contributed by atoms with Crippen LogP contribution in [-0.4, -0.2) is 21.1 Å². The van der Waals surface area contributed by atoms with Gasteiger partial charge in [0.15, 0.2) is 0 Å². The van der Waals surface area contributed by atoms with E-state index in [-0.39, 0.29) is 11.9 Å². The second kappa shape index (κ2) is 6.95. The molecule has 1 aliphatic rings. The molecule has 1 aromatic heterocycles. The van der Waals surface area contributed by atoms with Gasteiger partial charge in [-0.1, -0.05) is 12.1 Å². The number of rotatable bonds is 4. The van der Waals surface area contributed by atoms with E-state index in [1.807, 2.05) is 13.0 Å². The minimum atomic E-state index is -0.925. The van der Waals surface area contributed by atoms with Crippen LogP contribution in [0.3, 0.4) is 0 Å². The molecule has 5 heteroatoms. The first-order valence-corrected chi connectivity index (χ1v) is 8.50. The van der Waals surface area contributed by atoms with E-state index in [9.17, 15) is 9.50 Å². The summed E-state index contributed by atoms with van der Waals surface area (Å²) in [6, 6.07) is 6.75. The molecule has 128 valence electrons. The predicted molar refractivity (Wildman–Crippen MR) is 90.9 cm³/mol. The normalized spacial score (nSPS) is 25.4. The van der Waals surface area contributed by atoms with Crippen molar-refractivity contribution in [2.24, 2.45) is 0 Å². The van der Waals surface area contributed by atoms with Crippen molar-refractivity contribution in [1.82, 2.24) is 15.3 Å². The molecule has 2 N–H and O–H groups in total. The molecule has 1 unspecified atom stereocenters. The van der Waals surface area contributed by atoms with Gasteiger partial charge in [0.25, 0.3) is 0 Å². The third-order valence-corrected chi connectivity index (χ3v) is 4.99. The zero-order valence-corrected chi connectivity index (χ0v) is 14.2. The Kier molecular flexibility index (Phi) is 4.92. The molecule has 2 aromatic rings. The van der Waals surface area contributed by atoms with Gasteiger partial charge < -0.3 is 10.4 Å². The zero-order valence-electron chi connectivity index (χ0n) is 14.2. The highest BCUT2D eigenvalue weighted by Crippen LogP contribution is 2.37. The Morgan fingerprint density at radius 1 is 1.25 bits per heavy atom. The van der Waals surface area contributed by atoms with Crippen LogP contribution in [0.2, 0.25) is 0 Å². The van der Waals surface area contributed by atoms with Crippen molar-refractivity contribution in [1.29, 1.82) is 0 Å². The van der Waals surface area contributed by atoms with Crippen molar-refractivity contribution >= 4 is 0 Å². The molecule has 0 spiro atoms. The molecule has 1 aromatic carbocycles. The minimum Gasteiger partial charge on any atom is -0.385 e. The highest BCUT2D eigenvalue weighted by atomic mass is 19.1. The van der Waals surface area contributed by atoms with Crippen molar-refractivity contribution in [3.63, 3.8) is 0 Å². The summed E-state index contributed by atoms with van der Waals surface area (Å²) < 4.78 is 13.4. The second-order valence-corrected chi connectivity index (χ2v) is 6.73. The summed E-state index contributed by atoms with van der Waals surface area (Å²) in [4.78, 5) is 8.70. The molecule has 1 atom stereocenters. The van der Waals surface area contributed by atoms with E-state index in [0.717, 1.165) is 24.2 Å². The lowest BCUT2D eigenvalue weighted by atomic mass is 9.77. The number of aryl methyl sites for hydroxylation is 1. The summed E-state index contributed by atoms with van der Waals surface area (Å²) in [6.07, 6.45) is 6.35. The van der Waals surface area contributed by atoms with Crippen molar-refractivity contribution in [3.8, 4) is 0 Å². The first-order chi connectivity index (χ1) is 11.5. The Hall–Kier alpha value is -1.85. The van der Waals surface area contributed by atoms with Gasteiger partial charge in [0.05, 0.1) is 17.0 Å². The highest BCUT2D eigenvalue weighted by molar-refractivity contribution is 5.24. The molecule has 1 heterocycles. The summed E-state index contributed by atoms with van der Waals surface area (Å²) in [7, 11) is 0. The fraction of sp³-hybridized carbons (Fsp3) is 0.474. The number of hydrogen-bond acceptors (Lipinski definition) is 4. The summed E-state index contributed by atoms with van der Waals surface area (Å²) in [5.74, 6) is -0.298. The van der Waals surface area contributed by atoms with Crippen LogP contribution < -0.4 is 5.32 Å². The lowest BCUT2D eigenvalue weighted by Crippen LogP contribution is -2.41. The van der Waals surface area contributed by atoms with Gasteiger partial charge in [0, 0.05) is 24.5 Å². The van der Waals surface area contributed by atoms with E-state index in [0.29, 0.717) is 24.4 Å². The summed E-state index contributed by atoms with van der Waals surface area (Å²) in [5, 5.41) is 14.5. The van der Waals surface area contributed by atoms with Gasteiger partial charge in [-0.25, -0.2) is 4.39 Å². The maximum atomic E-state index is 13.4. The average Bonchev–Trinajstić information content (AvgIpc) is 2.57. The van der Waals surface area contributed by atoms with Crippen LogP contribution in [0.25, 0.3) is 0 Å². The van der Waals surface area contributed by atoms with Gasteiger partial charge in [-0.3, -0.25) is 9.97 Å². The van der Waals surface area contributed by atoms with E-state index in [1.165, 1.54) is 12.1 Å². The maximum Gasteiger partial charge on any atom is 0.123 e. The molecule has 24 heavy (non-hydrogen) atoms. The lowest BCUT2D eigenvalue weighted by molar-refractivity contribution is -0.00951. The van der Waals surface area contributed by atoms with Crippen molar-refractivity contribution < 1.29 is 9.50 Å². The fourth-order valence-electron chi connectivity index (χ4n) is 3.60. The van der Waals surface area contributed by atoms with Gasteiger partial charge in [-0.05, 0) is 57.2 Å². The topological polar surface area (TPSA) is 58.0 Å². The number of halogens is 1. The Morgan fingerprint density at radius 3 is 2.62 bits per heavy atom. The third kappa shape index (κ3) is 3.62. The number of nitrogens with zero attached hydrogens (tertiary/aromatic N) is 2. The van der Waals surface area contributed by atoms with E-state index < -0.39 is 5.60 Å². The molecule has 3 rings (SSSR count). The van der Waals surface area contributed by atoms with Crippen molar-refractivity contribution in [3.05, 3.63) is 59.4 Å². The number of benzene rings is 1. The molecular weight excluding hydrogens is 305 g/mol. The van der Waals surface area contributed by atoms with Gasteiger partial charge in [-0.15, -0.1) is 0 Å². The number of aliphatic hydroxyl groups is 1. The summed E-state index contributed by atoms with van der Waals surface area (Å²) in [6.45, 7) is 4.05. The van der Waals surface area contributed by atoms with E-state index in [4.69, 9.17) is 0 Å². The molecular formula is C19H24FN3O. The third-order valence-electron chi connectivity index (χ3n) is 4.99. The smallest absolute Gasteiger partial charge is 0.123 e. The average molecular weight is 329 g/mol. The molecule has 1 aliphatic carbocycles. The van der Waals surface area contributed by atoms with Crippen LogP contribution in [0.4, 0.5) is 4.39 Å². The molecule has 4 nitrogen and oxygen atoms in total. The molecule has 0 bridgehead atoms. The number of nitrogens with one attached hydrogen (secondary N) is 1. The molecule has 1 saturated carbocycles. The summed E-state index contributed by atoms with van der Waals surface area (Å²) >= 11 is 0. The van der Waals surface area contributed by atoms with Crippen LogP contribution in [0.15, 0.2) is 36.7 Å². The number of hydrogen-bond donors (Lipinski definition) is 2. The van der Waals surface area contributed by atoms with Crippen LogP contribution >= 0.6 is 0 Å². The molecule has 0 saturated heterocycles. The fourth-order valence-corrected chi connectivity index (χ4v) is 3.60. The van der Waals surface area contributed by atoms with Crippen molar-refractivity contribution in [2.75, 3.05) is 0 Å². The molecule has 1 fully saturated rings. The lowest BCUT2D eigenvalue weighted by Gasteiger charge is -2.37. The van der Waals surface area contributed by atoms with E-state index in [2.05, 4.69) is 22.2 Å². The van der Waals surface area contributed by atoms with Gasteiger partial charge in [0.1, 0.15) is 5.82 Å². The molecule has 0 radical (unpaired) electrons. The van der Waals surface area contributed by atoms with Crippen molar-refractivity contribution in [2.45, 2.75) is 57.2 Å². The quantitative estimate of drug-likeness (QED) is 0.902. The largest absolute Gasteiger partial charge is 0.385 e. The SMILES string of the molecule is Cc1nccnc1C(C)NC1CCC(O)(c2cccc(F)c2)CC1. The summed E-state index contributed by atoms with van der Waals surface area (Å²) in [5.41, 5.74) is 1.65. The first kappa shape index (κ1) is 17.0. The van der Waals surface area contributed by atoms with Gasteiger partial charge >= 0.3 is 0 Å². The predicted octanol–water partition coefficient (Wildman–Crippen LogP) is 3.41. The first-order valence-electron chi connectivity index (χ1n) is 8.50. The van der Waals surface area contributed by atoms with E-state index >= 15 is 0 Å². The Labute approximate surface area is 142 Å². The second-order valence-electron chi connectivity index (χ2n) is 6.73. The van der Waals surface area contributed by atoms with E-state index in [1.54, 1.807) is 18.5 Å². The minimum absolute atomic E-state index is 0.115. The van der Waals surface area contributed by atoms with Gasteiger partial charge in [0.2, 0.25) is 0 Å². The Bertz CT molecular complexity index is 699. The molecule has 0 amide bonds. The highest BCUT2D eigenvalue weighted by Gasteiger charge is 2.35. The zero-order chi connectivity index (χ0) is 17.2.